The fourth-order valence-electron chi connectivity index (χ4n) is 2.96. The van der Waals surface area contributed by atoms with Gasteiger partial charge < -0.3 is 15.0 Å². The van der Waals surface area contributed by atoms with Crippen LogP contribution < -0.4 is 10.1 Å². The molecule has 0 saturated carbocycles. The molecule has 0 unspecified atom stereocenters. The van der Waals surface area contributed by atoms with Gasteiger partial charge in [-0.25, -0.2) is 0 Å². The smallest absolute Gasteiger partial charge is 0.269 e. The van der Waals surface area contributed by atoms with Gasteiger partial charge in [-0.1, -0.05) is 26.0 Å². The largest absolute Gasteiger partial charge is 0.497 e. The Morgan fingerprint density at radius 2 is 1.86 bits per heavy atom. The van der Waals surface area contributed by atoms with Crippen molar-refractivity contribution in [2.45, 2.75) is 33.1 Å². The number of nitrogens with one attached hydrogen (secondary N) is 1. The summed E-state index contributed by atoms with van der Waals surface area (Å²) in [6.07, 6.45) is 3.99. The van der Waals surface area contributed by atoms with Crippen molar-refractivity contribution in [2.24, 2.45) is 0 Å². The SMILES string of the molecule is CCCN(CCC)C(=O)c1ccnc(C(=O)NCCc2cccc(OC)c2)c1. The lowest BCUT2D eigenvalue weighted by molar-refractivity contribution is 0.0755. The normalized spacial score (nSPS) is 10.4. The van der Waals surface area contributed by atoms with Crippen LogP contribution in [0, 0.1) is 0 Å². The number of benzene rings is 1. The molecule has 2 amide bonds. The summed E-state index contributed by atoms with van der Waals surface area (Å²) < 4.78 is 5.21. The molecule has 6 heteroatoms. The number of nitrogens with zero attached hydrogens (tertiary/aromatic N) is 2. The molecule has 150 valence electrons. The maximum Gasteiger partial charge on any atom is 0.269 e. The molecule has 6 nitrogen and oxygen atoms in total. The van der Waals surface area contributed by atoms with E-state index in [1.165, 1.54) is 6.20 Å². The molecule has 1 aromatic heterocycles. The van der Waals surface area contributed by atoms with Crippen LogP contribution >= 0.6 is 0 Å². The quantitative estimate of drug-likeness (QED) is 0.683. The van der Waals surface area contributed by atoms with Gasteiger partial charge in [0.15, 0.2) is 0 Å². The number of ether oxygens (including phenoxy) is 1. The van der Waals surface area contributed by atoms with Crippen LogP contribution in [0.5, 0.6) is 5.75 Å². The summed E-state index contributed by atoms with van der Waals surface area (Å²) in [7, 11) is 1.63. The average Bonchev–Trinajstić information content (AvgIpc) is 2.73. The molecule has 2 aromatic rings. The zero-order valence-corrected chi connectivity index (χ0v) is 16.9. The van der Waals surface area contributed by atoms with Crippen LogP contribution in [0.4, 0.5) is 0 Å². The third-order valence-corrected chi connectivity index (χ3v) is 4.35. The van der Waals surface area contributed by atoms with Gasteiger partial charge in [0.05, 0.1) is 7.11 Å². The van der Waals surface area contributed by atoms with Crippen molar-refractivity contribution >= 4 is 11.8 Å². The van der Waals surface area contributed by atoms with Crippen LogP contribution in [0.2, 0.25) is 0 Å². The molecule has 2 rings (SSSR count). The number of carbonyl (C=O) groups is 2. The summed E-state index contributed by atoms with van der Waals surface area (Å²) >= 11 is 0. The minimum absolute atomic E-state index is 0.0588. The van der Waals surface area contributed by atoms with E-state index in [1.807, 2.05) is 43.0 Å². The number of carbonyl (C=O) groups excluding carboxylic acids is 2. The van der Waals surface area contributed by atoms with E-state index in [1.54, 1.807) is 19.2 Å². The van der Waals surface area contributed by atoms with Gasteiger partial charge in [0, 0.05) is 31.4 Å². The molecule has 0 fully saturated rings. The number of aromatic nitrogens is 1. The molecule has 0 aliphatic rings. The van der Waals surface area contributed by atoms with E-state index in [4.69, 9.17) is 4.74 Å². The molecule has 0 aliphatic carbocycles. The zero-order chi connectivity index (χ0) is 20.4. The monoisotopic (exact) mass is 383 g/mol. The Bertz CT molecular complexity index is 786. The number of hydrogen-bond donors (Lipinski definition) is 1. The van der Waals surface area contributed by atoms with Gasteiger partial charge in [0.1, 0.15) is 11.4 Å². The van der Waals surface area contributed by atoms with Gasteiger partial charge in [0.2, 0.25) is 0 Å². The number of methoxy groups -OCH3 is 1. The molecule has 0 radical (unpaired) electrons. The van der Waals surface area contributed by atoms with Crippen LogP contribution in [0.25, 0.3) is 0 Å². The lowest BCUT2D eigenvalue weighted by atomic mass is 10.1. The first-order chi connectivity index (χ1) is 13.6. The Hall–Kier alpha value is -2.89. The van der Waals surface area contributed by atoms with Crippen molar-refractivity contribution in [2.75, 3.05) is 26.7 Å². The minimum Gasteiger partial charge on any atom is -0.497 e. The van der Waals surface area contributed by atoms with E-state index < -0.39 is 0 Å². The van der Waals surface area contributed by atoms with Crippen LogP contribution in [0.3, 0.4) is 0 Å². The second-order valence-electron chi connectivity index (χ2n) is 6.58. The molecular weight excluding hydrogens is 354 g/mol. The van der Waals surface area contributed by atoms with Crippen LogP contribution in [-0.2, 0) is 6.42 Å². The summed E-state index contributed by atoms with van der Waals surface area (Å²) in [4.78, 5) is 31.1. The van der Waals surface area contributed by atoms with Gasteiger partial charge >= 0.3 is 0 Å². The number of hydrogen-bond acceptors (Lipinski definition) is 4. The van der Waals surface area contributed by atoms with Crippen LogP contribution in [0.15, 0.2) is 42.6 Å². The van der Waals surface area contributed by atoms with Crippen molar-refractivity contribution in [1.29, 1.82) is 0 Å². The van der Waals surface area contributed by atoms with Crippen LogP contribution in [0.1, 0.15) is 53.1 Å². The Morgan fingerprint density at radius 3 is 2.54 bits per heavy atom. The first-order valence-electron chi connectivity index (χ1n) is 9.75. The Balaban J connectivity index is 1.98. The van der Waals surface area contributed by atoms with E-state index in [2.05, 4.69) is 10.3 Å². The molecule has 1 heterocycles. The maximum atomic E-state index is 12.7. The lowest BCUT2D eigenvalue weighted by Crippen LogP contribution is -2.33. The van der Waals surface area contributed by atoms with Gasteiger partial charge in [-0.2, -0.15) is 0 Å². The minimum atomic E-state index is -0.282. The highest BCUT2D eigenvalue weighted by molar-refractivity contribution is 5.98. The van der Waals surface area contributed by atoms with Crippen molar-refractivity contribution in [3.05, 3.63) is 59.4 Å². The Labute approximate surface area is 166 Å². The number of rotatable bonds is 10. The predicted octanol–water partition coefficient (Wildman–Crippen LogP) is 3.32. The summed E-state index contributed by atoms with van der Waals surface area (Å²) in [5.74, 6) is 0.451. The summed E-state index contributed by atoms with van der Waals surface area (Å²) in [5.41, 5.74) is 1.82. The van der Waals surface area contributed by atoms with Gasteiger partial charge in [-0.15, -0.1) is 0 Å². The van der Waals surface area contributed by atoms with Crippen molar-refractivity contribution in [3.63, 3.8) is 0 Å². The maximum absolute atomic E-state index is 12.7. The zero-order valence-electron chi connectivity index (χ0n) is 16.9. The molecule has 1 aromatic carbocycles. The Kier molecular flexibility index (Phi) is 8.46. The fraction of sp³-hybridized carbons (Fsp3) is 0.409. The fourth-order valence-corrected chi connectivity index (χ4v) is 2.96. The second kappa shape index (κ2) is 11.1. The molecule has 1 N–H and O–H groups in total. The highest BCUT2D eigenvalue weighted by atomic mass is 16.5. The van der Waals surface area contributed by atoms with E-state index in [-0.39, 0.29) is 17.5 Å². The first-order valence-corrected chi connectivity index (χ1v) is 9.75. The highest BCUT2D eigenvalue weighted by Gasteiger charge is 2.16. The second-order valence-corrected chi connectivity index (χ2v) is 6.58. The topological polar surface area (TPSA) is 71.5 Å². The molecule has 0 saturated heterocycles. The highest BCUT2D eigenvalue weighted by Crippen LogP contribution is 2.13. The van der Waals surface area contributed by atoms with E-state index in [0.29, 0.717) is 31.6 Å². The van der Waals surface area contributed by atoms with Gasteiger partial charge in [0.25, 0.3) is 11.8 Å². The first kappa shape index (κ1) is 21.4. The van der Waals surface area contributed by atoms with Crippen molar-refractivity contribution in [1.82, 2.24) is 15.2 Å². The summed E-state index contributed by atoms with van der Waals surface area (Å²) in [6, 6.07) is 11.0. The predicted molar refractivity (Wildman–Crippen MR) is 110 cm³/mol. The third-order valence-electron chi connectivity index (χ3n) is 4.35. The van der Waals surface area contributed by atoms with E-state index in [9.17, 15) is 9.59 Å². The summed E-state index contributed by atoms with van der Waals surface area (Å²) in [6.45, 7) is 5.98. The number of amides is 2. The average molecular weight is 383 g/mol. The number of pyridine rings is 1. The van der Waals surface area contributed by atoms with E-state index >= 15 is 0 Å². The molecule has 0 spiro atoms. The molecule has 0 aliphatic heterocycles. The van der Waals surface area contributed by atoms with Crippen LogP contribution in [-0.4, -0.2) is 48.4 Å². The third kappa shape index (κ3) is 6.08. The lowest BCUT2D eigenvalue weighted by Gasteiger charge is -2.21. The summed E-state index contributed by atoms with van der Waals surface area (Å²) in [5, 5.41) is 2.86. The Morgan fingerprint density at radius 1 is 1.11 bits per heavy atom. The van der Waals surface area contributed by atoms with Gasteiger partial charge in [-0.3, -0.25) is 14.6 Å². The molecule has 0 bridgehead atoms. The van der Waals surface area contributed by atoms with Crippen molar-refractivity contribution < 1.29 is 14.3 Å². The standard InChI is InChI=1S/C22H29N3O3/c1-4-13-25(14-5-2)22(27)18-10-12-23-20(16-18)21(26)24-11-9-17-7-6-8-19(15-17)28-3/h6-8,10,12,15-16H,4-5,9,11,13-14H2,1-3H3,(H,24,26). The van der Waals surface area contributed by atoms with E-state index in [0.717, 1.165) is 24.2 Å². The van der Waals surface area contributed by atoms with Gasteiger partial charge in [-0.05, 0) is 49.1 Å². The molecule has 0 atom stereocenters. The molecule has 28 heavy (non-hydrogen) atoms. The molecular formula is C22H29N3O3. The van der Waals surface area contributed by atoms with Crippen molar-refractivity contribution in [3.8, 4) is 5.75 Å².